The van der Waals surface area contributed by atoms with Crippen molar-refractivity contribution in [1.29, 1.82) is 0 Å². The van der Waals surface area contributed by atoms with Gasteiger partial charge < -0.3 is 14.6 Å². The summed E-state index contributed by atoms with van der Waals surface area (Å²) in [7, 11) is 0. The molecule has 0 saturated heterocycles. The Hall–Kier alpha value is -4.72. The maximum Gasteiger partial charge on any atom is 0.270 e. The summed E-state index contributed by atoms with van der Waals surface area (Å²) in [5, 5.41) is 33.0. The van der Waals surface area contributed by atoms with Gasteiger partial charge in [-0.15, -0.1) is 0 Å². The first-order chi connectivity index (χ1) is 15.5. The minimum atomic E-state index is -0.471. The van der Waals surface area contributed by atoms with Crippen LogP contribution in [0.1, 0.15) is 5.56 Å². The lowest BCUT2D eigenvalue weighted by molar-refractivity contribution is -0.384. The number of benzene rings is 4. The Morgan fingerprint density at radius 1 is 0.969 bits per heavy atom. The molecule has 0 aliphatic heterocycles. The van der Waals surface area contributed by atoms with Crippen LogP contribution in [0.2, 0.25) is 0 Å². The minimum absolute atomic E-state index is 0.0116. The summed E-state index contributed by atoms with van der Waals surface area (Å²) in [6.07, 6.45) is 1.46. The fraction of sp³-hybridized carbons (Fsp3) is 0. The van der Waals surface area contributed by atoms with Crippen LogP contribution in [0.25, 0.3) is 33.3 Å². The third-order valence-corrected chi connectivity index (χ3v) is 5.08. The molecular weight excluding hydrogens is 410 g/mol. The molecule has 0 bridgehead atoms. The molecule has 0 aliphatic carbocycles. The highest BCUT2D eigenvalue weighted by molar-refractivity contribution is 6.03. The number of para-hydroxylation sites is 2. The van der Waals surface area contributed by atoms with Gasteiger partial charge in [0.15, 0.2) is 5.58 Å². The molecule has 5 rings (SSSR count). The molecule has 0 saturated carbocycles. The van der Waals surface area contributed by atoms with Gasteiger partial charge in [0.1, 0.15) is 17.0 Å². The highest BCUT2D eigenvalue weighted by atomic mass is 16.6. The summed E-state index contributed by atoms with van der Waals surface area (Å²) in [6, 6.07) is 19.6. The van der Waals surface area contributed by atoms with Gasteiger partial charge in [-0.1, -0.05) is 18.2 Å². The molecule has 2 N–H and O–H groups in total. The van der Waals surface area contributed by atoms with Crippen LogP contribution < -0.4 is 0 Å². The molecule has 0 spiro atoms. The van der Waals surface area contributed by atoms with Crippen LogP contribution in [0.3, 0.4) is 0 Å². The van der Waals surface area contributed by atoms with Gasteiger partial charge >= 0.3 is 0 Å². The maximum absolute atomic E-state index is 11.0. The molecule has 0 amide bonds. The predicted octanol–water partition coefficient (Wildman–Crippen LogP) is 5.72. The molecule has 156 valence electrons. The van der Waals surface area contributed by atoms with Crippen molar-refractivity contribution in [2.45, 2.75) is 0 Å². The number of rotatable bonds is 4. The molecule has 1 aromatic heterocycles. The van der Waals surface area contributed by atoms with Crippen molar-refractivity contribution in [3.8, 4) is 23.0 Å². The largest absolute Gasteiger partial charge is 0.507 e. The van der Waals surface area contributed by atoms with Gasteiger partial charge in [0.25, 0.3) is 5.69 Å². The number of aliphatic imine (C=N–C) groups is 1. The van der Waals surface area contributed by atoms with E-state index >= 15 is 0 Å². The standard InChI is InChI=1S/C24H15N3O5/c28-21-10-5-14-11-16(27(30)31)7-9-17(14)19(21)13-25-15-6-8-18(22(29)12-15)24-26-20-3-1-2-4-23(20)32-24/h1-13,28-29H. The number of nitro groups is 1. The number of phenols is 2. The third kappa shape index (κ3) is 3.39. The fourth-order valence-corrected chi connectivity index (χ4v) is 3.49. The van der Waals surface area contributed by atoms with E-state index in [9.17, 15) is 20.3 Å². The summed E-state index contributed by atoms with van der Waals surface area (Å²) >= 11 is 0. The van der Waals surface area contributed by atoms with Crippen molar-refractivity contribution in [3.05, 3.63) is 88.5 Å². The summed E-state index contributed by atoms with van der Waals surface area (Å²) in [6.45, 7) is 0. The summed E-state index contributed by atoms with van der Waals surface area (Å²) in [5.74, 6) is 0.235. The number of fused-ring (bicyclic) bond motifs is 2. The van der Waals surface area contributed by atoms with Crippen LogP contribution in [-0.2, 0) is 0 Å². The number of nitro benzene ring substituents is 1. The van der Waals surface area contributed by atoms with Crippen molar-refractivity contribution < 1.29 is 19.6 Å². The molecule has 1 heterocycles. The van der Waals surface area contributed by atoms with Gasteiger partial charge in [-0.3, -0.25) is 15.1 Å². The van der Waals surface area contributed by atoms with Gasteiger partial charge in [-0.25, -0.2) is 4.98 Å². The van der Waals surface area contributed by atoms with Gasteiger partial charge in [-0.2, -0.15) is 0 Å². The molecule has 0 radical (unpaired) electrons. The number of oxazole rings is 1. The molecule has 8 heteroatoms. The molecule has 0 fully saturated rings. The molecule has 4 aromatic carbocycles. The number of non-ortho nitro benzene ring substituents is 1. The number of hydrogen-bond acceptors (Lipinski definition) is 7. The molecule has 5 aromatic rings. The van der Waals surface area contributed by atoms with E-state index in [1.807, 2.05) is 18.2 Å². The van der Waals surface area contributed by atoms with E-state index < -0.39 is 4.92 Å². The van der Waals surface area contributed by atoms with E-state index in [1.165, 1.54) is 30.5 Å². The monoisotopic (exact) mass is 425 g/mol. The Labute approximate surface area is 180 Å². The van der Waals surface area contributed by atoms with Gasteiger partial charge in [-0.05, 0) is 47.2 Å². The van der Waals surface area contributed by atoms with Crippen LogP contribution in [0.4, 0.5) is 11.4 Å². The van der Waals surface area contributed by atoms with Crippen molar-refractivity contribution >= 4 is 39.5 Å². The van der Waals surface area contributed by atoms with Gasteiger partial charge in [0, 0.05) is 30.0 Å². The Kier molecular flexibility index (Phi) is 4.52. The number of phenolic OH excluding ortho intramolecular Hbond substituents is 2. The summed E-state index contributed by atoms with van der Waals surface area (Å²) in [4.78, 5) is 19.3. The second kappa shape index (κ2) is 7.51. The van der Waals surface area contributed by atoms with Crippen molar-refractivity contribution in [2.75, 3.05) is 0 Å². The topological polar surface area (TPSA) is 122 Å². The van der Waals surface area contributed by atoms with E-state index in [2.05, 4.69) is 9.98 Å². The highest BCUT2D eigenvalue weighted by Gasteiger charge is 2.13. The number of hydrogen-bond donors (Lipinski definition) is 2. The van der Waals surface area contributed by atoms with Gasteiger partial charge in [0.05, 0.1) is 16.2 Å². The highest BCUT2D eigenvalue weighted by Crippen LogP contribution is 2.34. The van der Waals surface area contributed by atoms with Crippen LogP contribution in [0.5, 0.6) is 11.5 Å². The Morgan fingerprint density at radius 3 is 2.59 bits per heavy atom. The van der Waals surface area contributed by atoms with E-state index in [0.29, 0.717) is 44.6 Å². The molecular formula is C24H15N3O5. The lowest BCUT2D eigenvalue weighted by atomic mass is 10.0. The Bertz CT molecular complexity index is 1510. The summed E-state index contributed by atoms with van der Waals surface area (Å²) in [5.41, 5.74) is 2.57. The number of nitrogens with zero attached hydrogens (tertiary/aromatic N) is 3. The molecule has 32 heavy (non-hydrogen) atoms. The first kappa shape index (κ1) is 19.3. The Morgan fingerprint density at radius 2 is 1.81 bits per heavy atom. The Balaban J connectivity index is 1.49. The zero-order chi connectivity index (χ0) is 22.2. The molecule has 8 nitrogen and oxygen atoms in total. The smallest absolute Gasteiger partial charge is 0.270 e. The average Bonchev–Trinajstić information content (AvgIpc) is 3.22. The second-order valence-corrected chi connectivity index (χ2v) is 7.11. The lowest BCUT2D eigenvalue weighted by Crippen LogP contribution is -1.90. The zero-order valence-electron chi connectivity index (χ0n) is 16.5. The number of aromatic nitrogens is 1. The first-order valence-corrected chi connectivity index (χ1v) is 9.63. The fourth-order valence-electron chi connectivity index (χ4n) is 3.49. The number of aromatic hydroxyl groups is 2. The van der Waals surface area contributed by atoms with Crippen LogP contribution in [-0.4, -0.2) is 26.3 Å². The van der Waals surface area contributed by atoms with Crippen molar-refractivity contribution in [1.82, 2.24) is 4.98 Å². The zero-order valence-corrected chi connectivity index (χ0v) is 16.5. The SMILES string of the molecule is O=[N+]([O-])c1ccc2c(C=Nc3ccc(-c4nc5ccccc5o4)c(O)c3)c(O)ccc2c1. The summed E-state index contributed by atoms with van der Waals surface area (Å²) < 4.78 is 5.70. The lowest BCUT2D eigenvalue weighted by Gasteiger charge is -2.05. The molecule has 0 unspecified atom stereocenters. The first-order valence-electron chi connectivity index (χ1n) is 9.63. The van der Waals surface area contributed by atoms with E-state index in [-0.39, 0.29) is 17.2 Å². The van der Waals surface area contributed by atoms with E-state index in [0.717, 1.165) is 0 Å². The van der Waals surface area contributed by atoms with Gasteiger partial charge in [0.2, 0.25) is 5.89 Å². The van der Waals surface area contributed by atoms with Crippen LogP contribution in [0.15, 0.2) is 82.2 Å². The quantitative estimate of drug-likeness (QED) is 0.216. The average molecular weight is 425 g/mol. The molecule has 0 atom stereocenters. The van der Waals surface area contributed by atoms with E-state index in [1.54, 1.807) is 30.3 Å². The second-order valence-electron chi connectivity index (χ2n) is 7.11. The molecule has 0 aliphatic rings. The predicted molar refractivity (Wildman–Crippen MR) is 121 cm³/mol. The van der Waals surface area contributed by atoms with Crippen molar-refractivity contribution in [3.63, 3.8) is 0 Å². The van der Waals surface area contributed by atoms with E-state index in [4.69, 9.17) is 4.42 Å². The normalized spacial score (nSPS) is 11.5. The third-order valence-electron chi connectivity index (χ3n) is 5.08. The van der Waals surface area contributed by atoms with Crippen LogP contribution in [0, 0.1) is 10.1 Å². The minimum Gasteiger partial charge on any atom is -0.507 e. The maximum atomic E-state index is 11.0. The van der Waals surface area contributed by atoms with Crippen LogP contribution >= 0.6 is 0 Å². The van der Waals surface area contributed by atoms with Crippen molar-refractivity contribution in [2.24, 2.45) is 4.99 Å².